The van der Waals surface area contributed by atoms with E-state index in [1.54, 1.807) is 72.1 Å². The molecule has 2 aliphatic heterocycles. The highest BCUT2D eigenvalue weighted by Crippen LogP contribution is 2.31. The van der Waals surface area contributed by atoms with E-state index in [4.69, 9.17) is 15.6 Å². The Bertz CT molecular complexity index is 3860. The number of nitrogens with two attached hydrogens (primary N) is 1. The molecule has 4 aliphatic rings. The lowest BCUT2D eigenvalue weighted by molar-refractivity contribution is -0.141. The number of ether oxygens (including phenoxy) is 1. The molecule has 0 bridgehead atoms. The zero-order valence-electron chi connectivity index (χ0n) is 72.0. The number of carboxylic acids is 1. The molecular weight excluding hydrogens is 1570 g/mol. The Morgan fingerprint density at radius 3 is 1.41 bits per heavy atom. The number of hydrogen-bond donors (Lipinski definition) is 6. The van der Waals surface area contributed by atoms with Gasteiger partial charge in [-0.1, -0.05) is 146 Å². The van der Waals surface area contributed by atoms with Crippen LogP contribution in [0, 0.1) is 35.5 Å². The number of alkyl carbamates (subject to hydrolysis) is 1. The number of nitrogens with zero attached hydrogens (tertiary/aromatic N) is 2. The molecular formula is C92H136IN7O15. The predicted molar refractivity (Wildman–Crippen MR) is 463 cm³/mol. The Balaban J connectivity index is 0.000000525. The van der Waals surface area contributed by atoms with E-state index < -0.39 is 47.7 Å². The molecule has 7 N–H and O–H groups in total. The topological polar surface area (TPSA) is 332 Å². The van der Waals surface area contributed by atoms with Crippen molar-refractivity contribution in [1.29, 1.82) is 0 Å². The number of nitrogens with one attached hydrogen (secondary N) is 4. The Morgan fingerprint density at radius 2 is 0.965 bits per heavy atom. The lowest BCUT2D eigenvalue weighted by atomic mass is 9.83. The van der Waals surface area contributed by atoms with Crippen molar-refractivity contribution >= 4 is 100 Å². The van der Waals surface area contributed by atoms with Gasteiger partial charge in [-0.3, -0.25) is 57.5 Å². The van der Waals surface area contributed by atoms with Gasteiger partial charge in [0.25, 0.3) is 0 Å². The van der Waals surface area contributed by atoms with E-state index in [1.165, 1.54) is 0 Å². The molecule has 2 aliphatic carbocycles. The number of hydrogen-bond acceptors (Lipinski definition) is 15. The summed E-state index contributed by atoms with van der Waals surface area (Å²) < 4.78 is 5.51. The summed E-state index contributed by atoms with van der Waals surface area (Å²) in [7, 11) is 0. The first-order chi connectivity index (χ1) is 53.7. The van der Waals surface area contributed by atoms with Gasteiger partial charge in [0.05, 0.1) is 23.9 Å². The van der Waals surface area contributed by atoms with Crippen LogP contribution in [-0.2, 0) is 75.1 Å². The summed E-state index contributed by atoms with van der Waals surface area (Å²) in [6.07, 6.45) is 18.1. The fourth-order valence-corrected chi connectivity index (χ4v) is 14.7. The summed E-state index contributed by atoms with van der Waals surface area (Å²) in [5.41, 5.74) is 10.4. The molecule has 0 spiro atoms. The Hall–Kier alpha value is -8.32. The zero-order chi connectivity index (χ0) is 85.3. The molecule has 8 atom stereocenters. The molecule has 23 heteroatoms. The van der Waals surface area contributed by atoms with E-state index in [9.17, 15) is 62.3 Å². The SMILES string of the molecule is CC(C)CC(=O)[C@H](CCCCN)NC(=O)[C@@H]1CCCN1C(=O)[C@H](/C=C/[C@@H](C)CC(C)C)Cc1ccccc1.CC1=C(C)C(=O)C(CCC(=O)CCCCC[C@H](NC(=O)[C@@H]2CCCN2C(=O)[C@H](/C=C/[C@H](CC(C)C)NC(=O)OC(C)(C)C)Cc2ccccc2)C(=O)NC(C)C)=C(C)C1=O.CC1=C(C)C(=O)C(CCC(=O)O)=C(C)C1=O.I. The number of Topliss-reactive ketones (excluding diaryl/α,β-unsaturated/α-hetero) is 6. The Kier molecular flexibility index (Phi) is 44.2. The fourth-order valence-electron chi connectivity index (χ4n) is 14.7. The van der Waals surface area contributed by atoms with Crippen LogP contribution in [0.5, 0.6) is 0 Å². The average molecular weight is 1710 g/mol. The molecule has 0 saturated carbocycles. The van der Waals surface area contributed by atoms with E-state index in [0.717, 1.165) is 36.8 Å². The highest BCUT2D eigenvalue weighted by atomic mass is 127. The van der Waals surface area contributed by atoms with Crippen molar-refractivity contribution in [2.45, 2.75) is 301 Å². The monoisotopic (exact) mass is 1710 g/mol. The second kappa shape index (κ2) is 50.3. The van der Waals surface area contributed by atoms with Gasteiger partial charge in [-0.05, 0) is 214 Å². The lowest BCUT2D eigenvalue weighted by Crippen LogP contribution is -2.54. The van der Waals surface area contributed by atoms with Gasteiger partial charge in [0.15, 0.2) is 28.9 Å². The van der Waals surface area contributed by atoms with Crippen LogP contribution in [0.25, 0.3) is 0 Å². The molecule has 2 aromatic rings. The largest absolute Gasteiger partial charge is 0.481 e. The minimum atomic E-state index is -0.968. The van der Waals surface area contributed by atoms with Crippen molar-refractivity contribution in [3.05, 3.63) is 141 Å². The first-order valence-corrected chi connectivity index (χ1v) is 41.5. The summed E-state index contributed by atoms with van der Waals surface area (Å²) in [5.74, 6) is -2.19. The number of amides is 6. The second-order valence-electron chi connectivity index (χ2n) is 33.9. The molecule has 6 amide bonds. The highest BCUT2D eigenvalue weighted by Gasteiger charge is 2.41. The van der Waals surface area contributed by atoms with Gasteiger partial charge in [0, 0.05) is 89.4 Å². The molecule has 0 radical (unpaired) electrons. The standard InChI is InChI=1S/C48H70N4O8.C32H51N3O3.C12H14O4.HI/c1-30(2)28-37(50-47(59)60-48(8,9)10)24-23-36(29-35-18-13-11-14-19-35)46(58)52-27-17-22-41(52)45(57)51-40(44(56)49-31(3)4)21-16-12-15-20-38(53)25-26-39-34(7)42(54)32(5)33(6)43(39)55;1-23(2)20-25(5)16-17-27(22-26-12-7-6-8-13-26)32(38)35-19-11-15-29(35)31(37)34-28(14-9-10-18-33)30(36)21-24(3)4;1-6-7(2)12(16)9(4-5-10(13)14)8(3)11(6)15;/h11,13-14,18-19,23-24,30-31,36-37,40-41H,12,15-17,20-22,25-29H2,1-10H3,(H,49,56)(H,50,59)(H,51,57);6-8,12-13,16-17,23-25,27-29H,9-11,14-15,18-22,33H2,1-5H3,(H,34,37);4-5H2,1-3H3,(H,13,14);1H/b24-23+;17-16+;;/t36-,37-,40+,41+;25-,27-,28+,29+;;/m11../s1. The van der Waals surface area contributed by atoms with Gasteiger partial charge in [-0.2, -0.15) is 0 Å². The van der Waals surface area contributed by atoms with Gasteiger partial charge in [-0.15, -0.1) is 24.0 Å². The van der Waals surface area contributed by atoms with E-state index in [0.29, 0.717) is 160 Å². The zero-order valence-corrected chi connectivity index (χ0v) is 74.4. The van der Waals surface area contributed by atoms with Gasteiger partial charge in [0.2, 0.25) is 29.5 Å². The number of carbonyl (C=O) groups excluding carboxylic acids is 12. The van der Waals surface area contributed by atoms with E-state index >= 15 is 0 Å². The van der Waals surface area contributed by atoms with Crippen LogP contribution in [0.2, 0.25) is 0 Å². The van der Waals surface area contributed by atoms with E-state index in [2.05, 4.69) is 68.0 Å². The van der Waals surface area contributed by atoms with Crippen molar-refractivity contribution in [1.82, 2.24) is 31.1 Å². The quantitative estimate of drug-likeness (QED) is 0.0156. The third-order valence-electron chi connectivity index (χ3n) is 21.1. The summed E-state index contributed by atoms with van der Waals surface area (Å²) >= 11 is 0. The number of carboxylic acid groups (broad SMARTS) is 1. The molecule has 2 saturated heterocycles. The number of halogens is 1. The van der Waals surface area contributed by atoms with E-state index in [-0.39, 0.29) is 144 Å². The van der Waals surface area contributed by atoms with Crippen LogP contribution >= 0.6 is 24.0 Å². The first-order valence-electron chi connectivity index (χ1n) is 41.5. The molecule has 2 heterocycles. The molecule has 22 nitrogen and oxygen atoms in total. The van der Waals surface area contributed by atoms with Gasteiger partial charge < -0.3 is 46.6 Å². The minimum Gasteiger partial charge on any atom is -0.481 e. The second-order valence-corrected chi connectivity index (χ2v) is 33.9. The minimum absolute atomic E-state index is 0. The predicted octanol–water partition coefficient (Wildman–Crippen LogP) is 15.0. The van der Waals surface area contributed by atoms with Crippen LogP contribution in [-0.4, -0.2) is 153 Å². The van der Waals surface area contributed by atoms with Crippen molar-refractivity contribution in [3.63, 3.8) is 0 Å². The summed E-state index contributed by atoms with van der Waals surface area (Å²) in [4.78, 5) is 170. The molecule has 636 valence electrons. The van der Waals surface area contributed by atoms with Crippen LogP contribution in [0.1, 0.15) is 258 Å². The van der Waals surface area contributed by atoms with Gasteiger partial charge >= 0.3 is 12.1 Å². The lowest BCUT2D eigenvalue weighted by Gasteiger charge is -2.29. The maximum Gasteiger partial charge on any atom is 0.408 e. The smallest absolute Gasteiger partial charge is 0.408 e. The molecule has 0 aromatic heterocycles. The van der Waals surface area contributed by atoms with Crippen LogP contribution in [0.15, 0.2) is 130 Å². The van der Waals surface area contributed by atoms with Crippen molar-refractivity contribution < 1.29 is 72.2 Å². The summed E-state index contributed by atoms with van der Waals surface area (Å²) in [5, 5.41) is 20.4. The van der Waals surface area contributed by atoms with Gasteiger partial charge in [0.1, 0.15) is 29.5 Å². The van der Waals surface area contributed by atoms with Crippen molar-refractivity contribution in [2.75, 3.05) is 19.6 Å². The molecule has 6 rings (SSSR count). The fraction of sp³-hybridized carbons (Fsp3) is 0.598. The number of unbranched alkanes of at least 4 members (excludes halogenated alkanes) is 3. The number of ketones is 6. The van der Waals surface area contributed by atoms with Crippen molar-refractivity contribution in [2.24, 2.45) is 41.2 Å². The van der Waals surface area contributed by atoms with Gasteiger partial charge in [-0.25, -0.2) is 4.79 Å². The molecule has 115 heavy (non-hydrogen) atoms. The number of likely N-dealkylation sites (tertiary alicyclic amines) is 2. The third-order valence-corrected chi connectivity index (χ3v) is 21.1. The maximum atomic E-state index is 14.4. The third kappa shape index (κ3) is 34.4. The number of benzene rings is 2. The Labute approximate surface area is 702 Å². The summed E-state index contributed by atoms with van der Waals surface area (Å²) in [6, 6.07) is 16.6. The van der Waals surface area contributed by atoms with Crippen LogP contribution in [0.3, 0.4) is 0 Å². The summed E-state index contributed by atoms with van der Waals surface area (Å²) in [6.45, 7) is 35.1. The Morgan fingerprint density at radius 1 is 0.522 bits per heavy atom. The molecule has 2 fully saturated rings. The highest BCUT2D eigenvalue weighted by molar-refractivity contribution is 14.0. The number of aliphatic carboxylic acids is 1. The normalized spacial score (nSPS) is 17.6. The van der Waals surface area contributed by atoms with Crippen LogP contribution < -0.4 is 27.0 Å². The maximum absolute atomic E-state index is 14.4. The van der Waals surface area contributed by atoms with Crippen molar-refractivity contribution in [3.8, 4) is 0 Å². The van der Waals surface area contributed by atoms with E-state index in [1.807, 2.05) is 101 Å². The molecule has 0 unspecified atom stereocenters. The first kappa shape index (κ1) is 101. The molecule has 2 aromatic carbocycles. The number of carbonyl (C=O) groups is 13. The number of allylic oxidation sites excluding steroid dienone is 9. The number of rotatable bonds is 40. The van der Waals surface area contributed by atoms with Crippen LogP contribution in [0.4, 0.5) is 4.79 Å². The average Bonchev–Trinajstić information content (AvgIpc) is 1.47.